The van der Waals surface area contributed by atoms with Gasteiger partial charge >= 0.3 is 0 Å². The Labute approximate surface area is 115 Å². The third-order valence-electron chi connectivity index (χ3n) is 3.84. The third-order valence-corrected chi connectivity index (χ3v) is 3.84. The number of hydrogen-bond donors (Lipinski definition) is 1. The Kier molecular flexibility index (Phi) is 4.69. The van der Waals surface area contributed by atoms with E-state index >= 15 is 0 Å². The van der Waals surface area contributed by atoms with Gasteiger partial charge in [-0.2, -0.15) is 0 Å². The molecule has 1 aromatic heterocycles. The van der Waals surface area contributed by atoms with Gasteiger partial charge in [0.25, 0.3) is 0 Å². The predicted octanol–water partition coefficient (Wildman–Crippen LogP) is 3.59. The van der Waals surface area contributed by atoms with Crippen LogP contribution in [0.2, 0.25) is 0 Å². The maximum atomic E-state index is 4.06. The molecule has 1 atom stereocenters. The summed E-state index contributed by atoms with van der Waals surface area (Å²) >= 11 is 0. The first-order valence-corrected chi connectivity index (χ1v) is 6.84. The number of benzene rings is 1. The van der Waals surface area contributed by atoms with Crippen molar-refractivity contribution in [2.45, 2.75) is 32.7 Å². The summed E-state index contributed by atoms with van der Waals surface area (Å²) in [5.41, 5.74) is 5.52. The molecule has 1 N–H and O–H groups in total. The quantitative estimate of drug-likeness (QED) is 0.882. The molecule has 2 rings (SSSR count). The molecule has 2 heteroatoms. The van der Waals surface area contributed by atoms with Crippen LogP contribution in [0.15, 0.2) is 42.7 Å². The van der Waals surface area contributed by atoms with Gasteiger partial charge < -0.3 is 5.32 Å². The lowest BCUT2D eigenvalue weighted by atomic mass is 9.93. The van der Waals surface area contributed by atoms with Gasteiger partial charge in [-0.3, -0.25) is 4.98 Å². The molecule has 0 bridgehead atoms. The number of hydrogen-bond acceptors (Lipinski definition) is 2. The van der Waals surface area contributed by atoms with Crippen molar-refractivity contribution in [2.75, 3.05) is 7.05 Å². The summed E-state index contributed by atoms with van der Waals surface area (Å²) in [7, 11) is 2.04. The maximum Gasteiger partial charge on any atom is 0.0323 e. The Bertz CT molecular complexity index is 520. The smallest absolute Gasteiger partial charge is 0.0323 e. The molecule has 1 heterocycles. The van der Waals surface area contributed by atoms with Gasteiger partial charge in [0, 0.05) is 18.4 Å². The average Bonchev–Trinajstić information content (AvgIpc) is 2.45. The largest absolute Gasteiger partial charge is 0.313 e. The Morgan fingerprint density at radius 3 is 2.53 bits per heavy atom. The Morgan fingerprint density at radius 1 is 1.11 bits per heavy atom. The van der Waals surface area contributed by atoms with Gasteiger partial charge in [-0.25, -0.2) is 0 Å². The van der Waals surface area contributed by atoms with Crippen molar-refractivity contribution in [3.63, 3.8) is 0 Å². The van der Waals surface area contributed by atoms with E-state index in [1.54, 1.807) is 0 Å². The lowest BCUT2D eigenvalue weighted by Crippen LogP contribution is -2.18. The zero-order valence-corrected chi connectivity index (χ0v) is 12.0. The summed E-state index contributed by atoms with van der Waals surface area (Å²) in [5, 5.41) is 3.44. The van der Waals surface area contributed by atoms with Crippen molar-refractivity contribution >= 4 is 0 Å². The highest BCUT2D eigenvalue weighted by Gasteiger charge is 2.12. The lowest BCUT2D eigenvalue weighted by molar-refractivity contribution is 0.546. The van der Waals surface area contributed by atoms with Crippen LogP contribution in [0, 0.1) is 13.8 Å². The van der Waals surface area contributed by atoms with Gasteiger partial charge in [0.15, 0.2) is 0 Å². The number of nitrogens with one attached hydrogen (secondary N) is 1. The molecule has 0 spiro atoms. The van der Waals surface area contributed by atoms with E-state index in [9.17, 15) is 0 Å². The van der Waals surface area contributed by atoms with E-state index in [1.165, 1.54) is 22.3 Å². The first kappa shape index (κ1) is 13.8. The molecular formula is C17H22N2. The fourth-order valence-electron chi connectivity index (χ4n) is 2.47. The van der Waals surface area contributed by atoms with Crippen LogP contribution in [0.25, 0.3) is 0 Å². The molecule has 1 aromatic carbocycles. The van der Waals surface area contributed by atoms with E-state index in [0.29, 0.717) is 6.04 Å². The average molecular weight is 254 g/mol. The van der Waals surface area contributed by atoms with Crippen LogP contribution < -0.4 is 5.32 Å². The number of pyridine rings is 1. The highest BCUT2D eigenvalue weighted by atomic mass is 14.9. The summed E-state index contributed by atoms with van der Waals surface area (Å²) in [5.74, 6) is 0. The van der Waals surface area contributed by atoms with Crippen molar-refractivity contribution in [3.8, 4) is 0 Å². The standard InChI is InChI=1S/C17H22N2/c1-13-5-4-6-16(14(13)2)17(18-3)8-7-15-9-11-19-12-10-15/h4-6,9-12,17-18H,7-8H2,1-3H3. The summed E-state index contributed by atoms with van der Waals surface area (Å²) in [6, 6.07) is 11.2. The van der Waals surface area contributed by atoms with Crippen molar-refractivity contribution < 1.29 is 0 Å². The SMILES string of the molecule is CNC(CCc1ccncc1)c1cccc(C)c1C. The Hall–Kier alpha value is -1.67. The minimum Gasteiger partial charge on any atom is -0.313 e. The van der Waals surface area contributed by atoms with Crippen LogP contribution in [0.3, 0.4) is 0 Å². The molecule has 0 amide bonds. The molecule has 0 aliphatic heterocycles. The highest BCUT2D eigenvalue weighted by Crippen LogP contribution is 2.24. The van der Waals surface area contributed by atoms with Gasteiger partial charge in [-0.05, 0) is 68.1 Å². The molecule has 0 saturated heterocycles. The number of nitrogens with zero attached hydrogens (tertiary/aromatic N) is 1. The maximum absolute atomic E-state index is 4.06. The van der Waals surface area contributed by atoms with Crippen LogP contribution in [-0.4, -0.2) is 12.0 Å². The van der Waals surface area contributed by atoms with Crippen molar-refractivity contribution in [2.24, 2.45) is 0 Å². The second-order valence-electron chi connectivity index (χ2n) is 5.02. The molecule has 0 aliphatic carbocycles. The van der Waals surface area contributed by atoms with Gasteiger partial charge in [0.05, 0.1) is 0 Å². The zero-order valence-electron chi connectivity index (χ0n) is 12.0. The summed E-state index contributed by atoms with van der Waals surface area (Å²) < 4.78 is 0. The summed E-state index contributed by atoms with van der Waals surface area (Å²) in [6.45, 7) is 4.38. The topological polar surface area (TPSA) is 24.9 Å². The van der Waals surface area contributed by atoms with Crippen molar-refractivity contribution in [1.82, 2.24) is 10.3 Å². The normalized spacial score (nSPS) is 12.4. The van der Waals surface area contributed by atoms with E-state index in [0.717, 1.165) is 12.8 Å². The molecular weight excluding hydrogens is 232 g/mol. The van der Waals surface area contributed by atoms with Gasteiger partial charge in [-0.15, -0.1) is 0 Å². The minimum atomic E-state index is 0.410. The molecule has 0 saturated carbocycles. The van der Waals surface area contributed by atoms with Crippen LogP contribution >= 0.6 is 0 Å². The molecule has 2 aromatic rings. The van der Waals surface area contributed by atoms with Crippen LogP contribution in [-0.2, 0) is 6.42 Å². The fraction of sp³-hybridized carbons (Fsp3) is 0.353. The molecule has 0 aliphatic rings. The summed E-state index contributed by atoms with van der Waals surface area (Å²) in [6.07, 6.45) is 5.90. The van der Waals surface area contributed by atoms with Gasteiger partial charge in [0.2, 0.25) is 0 Å². The second-order valence-corrected chi connectivity index (χ2v) is 5.02. The van der Waals surface area contributed by atoms with Crippen LogP contribution in [0.5, 0.6) is 0 Å². The highest BCUT2D eigenvalue weighted by molar-refractivity contribution is 5.35. The second kappa shape index (κ2) is 6.48. The Balaban J connectivity index is 2.10. The first-order valence-electron chi connectivity index (χ1n) is 6.84. The third kappa shape index (κ3) is 3.42. The van der Waals surface area contributed by atoms with E-state index in [4.69, 9.17) is 0 Å². The Morgan fingerprint density at radius 2 is 1.84 bits per heavy atom. The molecule has 0 radical (unpaired) electrons. The molecule has 1 unspecified atom stereocenters. The first-order chi connectivity index (χ1) is 9.22. The van der Waals surface area contributed by atoms with Gasteiger partial charge in [0.1, 0.15) is 0 Å². The van der Waals surface area contributed by atoms with Crippen molar-refractivity contribution in [1.29, 1.82) is 0 Å². The van der Waals surface area contributed by atoms with E-state index in [-0.39, 0.29) is 0 Å². The van der Waals surface area contributed by atoms with Crippen LogP contribution in [0.4, 0.5) is 0 Å². The lowest BCUT2D eigenvalue weighted by Gasteiger charge is -2.20. The molecule has 100 valence electrons. The van der Waals surface area contributed by atoms with E-state index < -0.39 is 0 Å². The minimum absolute atomic E-state index is 0.410. The van der Waals surface area contributed by atoms with Crippen molar-refractivity contribution in [3.05, 3.63) is 65.0 Å². The monoisotopic (exact) mass is 254 g/mol. The zero-order chi connectivity index (χ0) is 13.7. The predicted molar refractivity (Wildman–Crippen MR) is 80.3 cm³/mol. The van der Waals surface area contributed by atoms with E-state index in [1.807, 2.05) is 19.4 Å². The number of aromatic nitrogens is 1. The van der Waals surface area contributed by atoms with Crippen LogP contribution in [0.1, 0.15) is 34.7 Å². The number of aryl methyl sites for hydroxylation is 2. The molecule has 19 heavy (non-hydrogen) atoms. The fourth-order valence-corrected chi connectivity index (χ4v) is 2.47. The van der Waals surface area contributed by atoms with Gasteiger partial charge in [-0.1, -0.05) is 18.2 Å². The molecule has 0 fully saturated rings. The summed E-state index contributed by atoms with van der Waals surface area (Å²) in [4.78, 5) is 4.06. The van der Waals surface area contributed by atoms with E-state index in [2.05, 4.69) is 54.5 Å². The molecule has 2 nitrogen and oxygen atoms in total. The number of rotatable bonds is 5.